The van der Waals surface area contributed by atoms with E-state index in [4.69, 9.17) is 10.5 Å². The summed E-state index contributed by atoms with van der Waals surface area (Å²) in [6, 6.07) is 8.09. The van der Waals surface area contributed by atoms with Crippen LogP contribution in [0.1, 0.15) is 10.4 Å². The van der Waals surface area contributed by atoms with Gasteiger partial charge in [0, 0.05) is 17.6 Å². The maximum atomic E-state index is 5.57. The Morgan fingerprint density at radius 3 is 2.94 bits per heavy atom. The number of para-hydroxylation sites is 1. The first-order chi connectivity index (χ1) is 8.79. The molecule has 18 heavy (non-hydrogen) atoms. The van der Waals surface area contributed by atoms with Crippen LogP contribution in [0.2, 0.25) is 0 Å². The summed E-state index contributed by atoms with van der Waals surface area (Å²) in [5.74, 6) is 0.946. The number of nitrogens with one attached hydrogen (secondary N) is 1. The highest BCUT2D eigenvalue weighted by Crippen LogP contribution is 2.17. The molecule has 0 bridgehead atoms. The van der Waals surface area contributed by atoms with Gasteiger partial charge in [0.15, 0.2) is 5.13 Å². The normalized spacial score (nSPS) is 10.5. The van der Waals surface area contributed by atoms with Crippen LogP contribution in [-0.4, -0.2) is 18.6 Å². The van der Waals surface area contributed by atoms with E-state index in [9.17, 15) is 0 Å². The van der Waals surface area contributed by atoms with Gasteiger partial charge in [-0.25, -0.2) is 4.98 Å². The van der Waals surface area contributed by atoms with Gasteiger partial charge in [-0.15, -0.1) is 11.3 Å². The molecule has 1 aromatic carbocycles. The summed E-state index contributed by atoms with van der Waals surface area (Å²) >= 11 is 1.52. The Morgan fingerprint density at radius 1 is 1.39 bits per heavy atom. The van der Waals surface area contributed by atoms with Crippen molar-refractivity contribution in [3.63, 3.8) is 0 Å². The van der Waals surface area contributed by atoms with Crippen LogP contribution in [0.3, 0.4) is 0 Å². The van der Waals surface area contributed by atoms with Crippen LogP contribution in [0, 0.1) is 0 Å². The summed E-state index contributed by atoms with van der Waals surface area (Å²) < 4.78 is 5.31. The molecule has 5 heteroatoms. The zero-order chi connectivity index (χ0) is 12.8. The lowest BCUT2D eigenvalue weighted by Crippen LogP contribution is -2.16. The van der Waals surface area contributed by atoms with Gasteiger partial charge in [-0.1, -0.05) is 18.2 Å². The molecule has 0 spiro atoms. The highest BCUT2D eigenvalue weighted by Gasteiger charge is 2.02. The molecular formula is C13H17N3OS. The molecule has 4 nitrogen and oxygen atoms in total. The topological polar surface area (TPSA) is 60.2 Å². The SMILES string of the molecule is COc1ccccc1CCNCc1cnc(N)s1. The van der Waals surface area contributed by atoms with Crippen LogP contribution in [0.5, 0.6) is 5.75 Å². The number of rotatable bonds is 6. The standard InChI is InChI=1S/C13H17N3OS/c1-17-12-5-3-2-4-10(12)6-7-15-8-11-9-16-13(14)18-11/h2-5,9,15H,6-8H2,1H3,(H2,14,16). The number of nitrogen functional groups attached to an aromatic ring is 1. The van der Waals surface area contributed by atoms with Gasteiger partial charge >= 0.3 is 0 Å². The number of aromatic nitrogens is 1. The van der Waals surface area contributed by atoms with E-state index in [1.807, 2.05) is 24.4 Å². The van der Waals surface area contributed by atoms with Crippen LogP contribution in [0.4, 0.5) is 5.13 Å². The number of hydrogen-bond acceptors (Lipinski definition) is 5. The van der Waals surface area contributed by atoms with Crippen LogP contribution in [-0.2, 0) is 13.0 Å². The third-order valence-electron chi connectivity index (χ3n) is 2.63. The fraction of sp³-hybridized carbons (Fsp3) is 0.308. The monoisotopic (exact) mass is 263 g/mol. The maximum Gasteiger partial charge on any atom is 0.180 e. The Bertz CT molecular complexity index is 498. The molecule has 0 saturated heterocycles. The van der Waals surface area contributed by atoms with E-state index in [2.05, 4.69) is 16.4 Å². The van der Waals surface area contributed by atoms with E-state index in [1.54, 1.807) is 7.11 Å². The average Bonchev–Trinajstić information content (AvgIpc) is 2.81. The lowest BCUT2D eigenvalue weighted by atomic mass is 10.1. The van der Waals surface area contributed by atoms with Crippen molar-refractivity contribution >= 4 is 16.5 Å². The molecule has 0 aliphatic heterocycles. The summed E-state index contributed by atoms with van der Waals surface area (Å²) in [6.07, 6.45) is 2.76. The number of benzene rings is 1. The molecule has 3 N–H and O–H groups in total. The first kappa shape index (κ1) is 12.9. The molecule has 0 saturated carbocycles. The minimum atomic E-state index is 0.622. The van der Waals surface area contributed by atoms with E-state index in [1.165, 1.54) is 16.9 Å². The predicted octanol–water partition coefficient (Wildman–Crippen LogP) is 2.07. The van der Waals surface area contributed by atoms with Gasteiger partial charge in [0.05, 0.1) is 7.11 Å². The zero-order valence-corrected chi connectivity index (χ0v) is 11.2. The molecule has 96 valence electrons. The molecular weight excluding hydrogens is 246 g/mol. The van der Waals surface area contributed by atoms with Gasteiger partial charge in [0.25, 0.3) is 0 Å². The number of ether oxygens (including phenoxy) is 1. The number of nitrogens with two attached hydrogens (primary N) is 1. The number of anilines is 1. The average molecular weight is 263 g/mol. The van der Waals surface area contributed by atoms with E-state index in [0.29, 0.717) is 5.13 Å². The van der Waals surface area contributed by atoms with Crippen LogP contribution in [0.25, 0.3) is 0 Å². The molecule has 0 aliphatic carbocycles. The second-order valence-corrected chi connectivity index (χ2v) is 5.05. The molecule has 0 fully saturated rings. The second kappa shape index (κ2) is 6.37. The highest BCUT2D eigenvalue weighted by atomic mass is 32.1. The van der Waals surface area contributed by atoms with Crippen molar-refractivity contribution < 1.29 is 4.74 Å². The molecule has 0 radical (unpaired) electrons. The van der Waals surface area contributed by atoms with Crippen molar-refractivity contribution in [3.8, 4) is 5.75 Å². The van der Waals surface area contributed by atoms with E-state index in [-0.39, 0.29) is 0 Å². The third kappa shape index (κ3) is 3.45. The lowest BCUT2D eigenvalue weighted by molar-refractivity contribution is 0.409. The van der Waals surface area contributed by atoms with Gasteiger partial charge in [0.2, 0.25) is 0 Å². The Labute approximate surface area is 111 Å². The van der Waals surface area contributed by atoms with Crippen molar-refractivity contribution in [2.75, 3.05) is 19.4 Å². The summed E-state index contributed by atoms with van der Waals surface area (Å²) in [7, 11) is 1.70. The van der Waals surface area contributed by atoms with Crippen molar-refractivity contribution in [2.24, 2.45) is 0 Å². The van der Waals surface area contributed by atoms with Crippen LogP contribution >= 0.6 is 11.3 Å². The molecule has 0 unspecified atom stereocenters. The fourth-order valence-electron chi connectivity index (χ4n) is 1.75. The highest BCUT2D eigenvalue weighted by molar-refractivity contribution is 7.15. The number of thiazole rings is 1. The largest absolute Gasteiger partial charge is 0.496 e. The minimum Gasteiger partial charge on any atom is -0.496 e. The quantitative estimate of drug-likeness (QED) is 0.783. The van der Waals surface area contributed by atoms with Gasteiger partial charge in [-0.3, -0.25) is 0 Å². The summed E-state index contributed by atoms with van der Waals surface area (Å²) in [5, 5.41) is 4.00. The smallest absolute Gasteiger partial charge is 0.180 e. The van der Waals surface area contributed by atoms with E-state index < -0.39 is 0 Å². The summed E-state index contributed by atoms with van der Waals surface area (Å²) in [6.45, 7) is 1.71. The molecule has 0 aliphatic rings. The number of nitrogens with zero attached hydrogens (tertiary/aromatic N) is 1. The molecule has 0 atom stereocenters. The first-order valence-electron chi connectivity index (χ1n) is 5.82. The van der Waals surface area contributed by atoms with Gasteiger partial charge in [-0.2, -0.15) is 0 Å². The molecule has 2 aromatic rings. The van der Waals surface area contributed by atoms with Gasteiger partial charge in [0.1, 0.15) is 5.75 Å². The Hall–Kier alpha value is -1.59. The Morgan fingerprint density at radius 2 is 2.22 bits per heavy atom. The third-order valence-corrected chi connectivity index (χ3v) is 3.46. The van der Waals surface area contributed by atoms with Crippen molar-refractivity contribution in [1.82, 2.24) is 10.3 Å². The Balaban J connectivity index is 1.78. The van der Waals surface area contributed by atoms with E-state index >= 15 is 0 Å². The van der Waals surface area contributed by atoms with Crippen LogP contribution < -0.4 is 15.8 Å². The maximum absolute atomic E-state index is 5.57. The minimum absolute atomic E-state index is 0.622. The molecule has 1 aromatic heterocycles. The number of hydrogen-bond donors (Lipinski definition) is 2. The molecule has 0 amide bonds. The lowest BCUT2D eigenvalue weighted by Gasteiger charge is -2.08. The first-order valence-corrected chi connectivity index (χ1v) is 6.64. The van der Waals surface area contributed by atoms with E-state index in [0.717, 1.165) is 30.1 Å². The van der Waals surface area contributed by atoms with Crippen LogP contribution in [0.15, 0.2) is 30.5 Å². The van der Waals surface area contributed by atoms with Crippen molar-refractivity contribution in [1.29, 1.82) is 0 Å². The number of methoxy groups -OCH3 is 1. The molecule has 1 heterocycles. The predicted molar refractivity (Wildman–Crippen MR) is 74.9 cm³/mol. The summed E-state index contributed by atoms with van der Waals surface area (Å²) in [5.41, 5.74) is 6.79. The van der Waals surface area contributed by atoms with Gasteiger partial charge < -0.3 is 15.8 Å². The Kier molecular flexibility index (Phi) is 4.55. The van der Waals surface area contributed by atoms with Crippen molar-refractivity contribution in [3.05, 3.63) is 40.9 Å². The summed E-state index contributed by atoms with van der Waals surface area (Å²) in [4.78, 5) is 5.18. The fourth-order valence-corrected chi connectivity index (χ4v) is 2.40. The van der Waals surface area contributed by atoms with Gasteiger partial charge in [-0.05, 0) is 24.6 Å². The zero-order valence-electron chi connectivity index (χ0n) is 10.3. The second-order valence-electron chi connectivity index (χ2n) is 3.90. The molecule has 2 rings (SSSR count). The van der Waals surface area contributed by atoms with Crippen molar-refractivity contribution in [2.45, 2.75) is 13.0 Å².